The van der Waals surface area contributed by atoms with E-state index in [2.05, 4.69) is 4.99 Å². The molecule has 5 nitrogen and oxygen atoms in total. The molecule has 0 spiro atoms. The first-order valence-electron chi connectivity index (χ1n) is 7.23. The summed E-state index contributed by atoms with van der Waals surface area (Å²) in [5.74, 6) is -0.123. The van der Waals surface area contributed by atoms with E-state index in [1.54, 1.807) is 24.4 Å². The Morgan fingerprint density at radius 3 is 2.75 bits per heavy atom. The first kappa shape index (κ1) is 14.5. The molecule has 2 N–H and O–H groups in total. The molecule has 1 aliphatic heterocycles. The predicted octanol–water partition coefficient (Wildman–Crippen LogP) is 3.57. The fraction of sp³-hybridized carbons (Fsp3) is 0. The lowest BCUT2D eigenvalue weighted by Gasteiger charge is -2.04. The first-order valence-corrected chi connectivity index (χ1v) is 8.04. The molecule has 0 saturated carbocycles. The van der Waals surface area contributed by atoms with Gasteiger partial charge < -0.3 is 10.2 Å². The van der Waals surface area contributed by atoms with Crippen LogP contribution in [0.15, 0.2) is 58.3 Å². The number of para-hydroxylation sites is 1. The van der Waals surface area contributed by atoms with Crippen LogP contribution in [0.2, 0.25) is 0 Å². The summed E-state index contributed by atoms with van der Waals surface area (Å²) in [4.78, 5) is 16.7. The predicted molar refractivity (Wildman–Crippen MR) is 95.7 cm³/mol. The van der Waals surface area contributed by atoms with Crippen LogP contribution in [0.5, 0.6) is 11.6 Å². The number of fused-ring (bicyclic) bond motifs is 1. The van der Waals surface area contributed by atoms with Crippen molar-refractivity contribution >= 4 is 34.9 Å². The van der Waals surface area contributed by atoms with Crippen LogP contribution in [0.3, 0.4) is 0 Å². The van der Waals surface area contributed by atoms with E-state index in [-0.39, 0.29) is 16.5 Å². The molecule has 0 fully saturated rings. The first-order chi connectivity index (χ1) is 11.6. The summed E-state index contributed by atoms with van der Waals surface area (Å²) in [6, 6.07) is 13.9. The van der Waals surface area contributed by atoms with E-state index in [0.717, 1.165) is 28.2 Å². The molecule has 24 heavy (non-hydrogen) atoms. The number of allylic oxidation sites excluding steroid dienone is 1. The molecular formula is C18H12N2O3S. The lowest BCUT2D eigenvalue weighted by atomic mass is 10.1. The fourth-order valence-corrected chi connectivity index (χ4v) is 3.47. The third kappa shape index (κ3) is 2.33. The van der Waals surface area contributed by atoms with Crippen LogP contribution in [0.1, 0.15) is 10.4 Å². The van der Waals surface area contributed by atoms with Crippen molar-refractivity contribution in [2.75, 3.05) is 0 Å². The normalized spacial score (nSPS) is 14.2. The molecule has 0 bridgehead atoms. The zero-order valence-corrected chi connectivity index (χ0v) is 13.2. The van der Waals surface area contributed by atoms with Gasteiger partial charge in [-0.25, -0.2) is 4.57 Å². The number of nitrogens with zero attached hydrogens (tertiary/aromatic N) is 2. The number of aromatic nitrogens is 1. The summed E-state index contributed by atoms with van der Waals surface area (Å²) < 4.78 is 1.18. The van der Waals surface area contributed by atoms with Crippen molar-refractivity contribution in [1.82, 2.24) is 4.57 Å². The number of phenolic OH excluding ortho intramolecular Hbond substituents is 1. The van der Waals surface area contributed by atoms with Crippen LogP contribution >= 0.6 is 11.3 Å². The Balaban J connectivity index is 1.83. The SMILES string of the molecule is O=c1sc(/C=C2\C=Nc3ccccc32)c(O)n1-c1cccc(O)c1. The molecule has 1 aromatic heterocycles. The quantitative estimate of drug-likeness (QED) is 0.751. The highest BCUT2D eigenvalue weighted by Crippen LogP contribution is 2.35. The van der Waals surface area contributed by atoms with Crippen molar-refractivity contribution < 1.29 is 10.2 Å². The van der Waals surface area contributed by atoms with E-state index in [4.69, 9.17) is 0 Å². The second kappa shape index (κ2) is 5.50. The lowest BCUT2D eigenvalue weighted by molar-refractivity contribution is 0.439. The van der Waals surface area contributed by atoms with Gasteiger partial charge in [-0.1, -0.05) is 35.6 Å². The van der Waals surface area contributed by atoms with Crippen LogP contribution in [-0.4, -0.2) is 21.0 Å². The van der Waals surface area contributed by atoms with Gasteiger partial charge in [0, 0.05) is 23.4 Å². The molecular weight excluding hydrogens is 324 g/mol. The van der Waals surface area contributed by atoms with Crippen LogP contribution in [0.4, 0.5) is 5.69 Å². The molecule has 4 rings (SSSR count). The zero-order valence-electron chi connectivity index (χ0n) is 12.4. The Kier molecular flexibility index (Phi) is 3.32. The molecule has 118 valence electrons. The monoisotopic (exact) mass is 336 g/mol. The average Bonchev–Trinajstić information content (AvgIpc) is 3.09. The molecule has 0 unspecified atom stereocenters. The standard InChI is InChI=1S/C18H12N2O3S/c21-13-5-3-4-12(9-13)20-17(22)16(24-18(20)23)8-11-10-19-15-7-2-1-6-14(11)15/h1-10,21-22H/b11-8+. The van der Waals surface area contributed by atoms with E-state index in [9.17, 15) is 15.0 Å². The second-order valence-corrected chi connectivity index (χ2v) is 6.28. The molecule has 2 aromatic carbocycles. The number of thiazole rings is 1. The highest BCUT2D eigenvalue weighted by molar-refractivity contribution is 7.10. The molecule has 0 radical (unpaired) electrons. The summed E-state index contributed by atoms with van der Waals surface area (Å²) in [6.45, 7) is 0. The van der Waals surface area contributed by atoms with Crippen LogP contribution in [0, 0.1) is 0 Å². The van der Waals surface area contributed by atoms with Crippen LogP contribution in [-0.2, 0) is 0 Å². The molecule has 0 saturated heterocycles. The summed E-state index contributed by atoms with van der Waals surface area (Å²) in [5.41, 5.74) is 3.08. The Bertz CT molecular complexity index is 1060. The number of aliphatic imine (C=N–C) groups is 1. The van der Waals surface area contributed by atoms with E-state index >= 15 is 0 Å². The Labute approximate surface area is 141 Å². The minimum absolute atomic E-state index is 0.0294. The van der Waals surface area contributed by atoms with Gasteiger partial charge >= 0.3 is 4.87 Å². The van der Waals surface area contributed by atoms with Gasteiger partial charge in [-0.2, -0.15) is 0 Å². The number of aromatic hydroxyl groups is 2. The smallest absolute Gasteiger partial charge is 0.315 e. The maximum absolute atomic E-state index is 12.3. The van der Waals surface area contributed by atoms with Gasteiger partial charge in [0.2, 0.25) is 5.88 Å². The fourth-order valence-electron chi connectivity index (χ4n) is 2.63. The maximum Gasteiger partial charge on any atom is 0.315 e. The number of rotatable bonds is 2. The Hall–Kier alpha value is -3.12. The summed E-state index contributed by atoms with van der Waals surface area (Å²) >= 11 is 0.941. The molecule has 1 aliphatic rings. The van der Waals surface area contributed by atoms with Gasteiger partial charge in [0.1, 0.15) is 5.75 Å². The minimum atomic E-state index is -0.326. The van der Waals surface area contributed by atoms with E-state index in [1.807, 2.05) is 24.3 Å². The van der Waals surface area contributed by atoms with Crippen molar-refractivity contribution in [3.05, 3.63) is 68.6 Å². The number of hydrogen-bond acceptors (Lipinski definition) is 5. The topological polar surface area (TPSA) is 74.8 Å². The molecule has 6 heteroatoms. The Morgan fingerprint density at radius 2 is 1.92 bits per heavy atom. The van der Waals surface area contributed by atoms with Crippen molar-refractivity contribution in [3.63, 3.8) is 0 Å². The number of benzene rings is 2. The van der Waals surface area contributed by atoms with Crippen molar-refractivity contribution in [2.45, 2.75) is 0 Å². The van der Waals surface area contributed by atoms with Gasteiger partial charge in [-0.15, -0.1) is 0 Å². The third-order valence-electron chi connectivity index (χ3n) is 3.74. The highest BCUT2D eigenvalue weighted by atomic mass is 32.1. The summed E-state index contributed by atoms with van der Waals surface area (Å²) in [7, 11) is 0. The average molecular weight is 336 g/mol. The molecule has 3 aromatic rings. The van der Waals surface area contributed by atoms with E-state index < -0.39 is 0 Å². The van der Waals surface area contributed by atoms with Crippen molar-refractivity contribution in [3.8, 4) is 17.3 Å². The summed E-state index contributed by atoms with van der Waals surface area (Å²) in [5, 5.41) is 20.0. The van der Waals surface area contributed by atoms with Crippen molar-refractivity contribution in [1.29, 1.82) is 0 Å². The molecule has 2 heterocycles. The van der Waals surface area contributed by atoms with Gasteiger partial charge in [-0.05, 0) is 24.3 Å². The van der Waals surface area contributed by atoms with E-state index in [0.29, 0.717) is 10.6 Å². The number of phenols is 1. The highest BCUT2D eigenvalue weighted by Gasteiger charge is 2.17. The van der Waals surface area contributed by atoms with Gasteiger partial charge in [0.05, 0.1) is 16.3 Å². The molecule has 0 amide bonds. The van der Waals surface area contributed by atoms with Crippen LogP contribution < -0.4 is 4.87 Å². The second-order valence-electron chi connectivity index (χ2n) is 5.29. The summed E-state index contributed by atoms with van der Waals surface area (Å²) in [6.07, 6.45) is 3.46. The zero-order chi connectivity index (χ0) is 16.7. The van der Waals surface area contributed by atoms with Gasteiger partial charge in [0.15, 0.2) is 0 Å². The van der Waals surface area contributed by atoms with Gasteiger partial charge in [0.25, 0.3) is 0 Å². The largest absolute Gasteiger partial charge is 0.508 e. The third-order valence-corrected chi connectivity index (χ3v) is 4.62. The minimum Gasteiger partial charge on any atom is -0.508 e. The number of hydrogen-bond donors (Lipinski definition) is 2. The molecule has 0 aliphatic carbocycles. The lowest BCUT2D eigenvalue weighted by Crippen LogP contribution is -2.09. The maximum atomic E-state index is 12.3. The molecule has 0 atom stereocenters. The van der Waals surface area contributed by atoms with Gasteiger partial charge in [-0.3, -0.25) is 9.79 Å². The van der Waals surface area contributed by atoms with Crippen molar-refractivity contribution in [2.24, 2.45) is 4.99 Å². The Morgan fingerprint density at radius 1 is 1.08 bits per heavy atom. The van der Waals surface area contributed by atoms with E-state index in [1.165, 1.54) is 16.7 Å². The van der Waals surface area contributed by atoms with Crippen LogP contribution in [0.25, 0.3) is 17.3 Å².